The zero-order valence-electron chi connectivity index (χ0n) is 23.9. The smallest absolute Gasteiger partial charge is 0.407 e. The van der Waals surface area contributed by atoms with Crippen LogP contribution in [-0.4, -0.2) is 60.4 Å². The number of nitrogens with zero attached hydrogens (tertiary/aromatic N) is 2. The molecule has 0 aliphatic carbocycles. The van der Waals surface area contributed by atoms with Gasteiger partial charge in [0.2, 0.25) is 5.43 Å². The Morgan fingerprint density at radius 1 is 1.19 bits per heavy atom. The summed E-state index contributed by atoms with van der Waals surface area (Å²) in [5, 5.41) is 5.38. The molecule has 0 spiro atoms. The normalized spacial score (nSPS) is 15.5. The fraction of sp³-hybridized carbons (Fsp3) is 0.400. The Bertz CT molecular complexity index is 1630. The number of fused-ring (bicyclic) bond motifs is 2. The van der Waals surface area contributed by atoms with Gasteiger partial charge in [0.05, 0.1) is 30.1 Å². The van der Waals surface area contributed by atoms with Crippen molar-refractivity contribution in [2.24, 2.45) is 0 Å². The summed E-state index contributed by atoms with van der Waals surface area (Å²) >= 11 is 0. The third-order valence-electron chi connectivity index (χ3n) is 6.90. The van der Waals surface area contributed by atoms with Gasteiger partial charge in [0.25, 0.3) is 5.91 Å². The maximum atomic E-state index is 15.9. The monoisotopic (exact) mass is 580 g/mol. The van der Waals surface area contributed by atoms with E-state index < -0.39 is 34.8 Å². The summed E-state index contributed by atoms with van der Waals surface area (Å²) in [4.78, 5) is 52.3. The number of carbonyl (C=O) groups is 3. The molecule has 0 radical (unpaired) electrons. The number of anilines is 1. The van der Waals surface area contributed by atoms with E-state index in [0.29, 0.717) is 36.5 Å². The minimum absolute atomic E-state index is 0.0265. The van der Waals surface area contributed by atoms with Gasteiger partial charge in [-0.05, 0) is 52.3 Å². The highest BCUT2D eigenvalue weighted by atomic mass is 19.1. The largest absolute Gasteiger partial charge is 0.466 e. The van der Waals surface area contributed by atoms with Crippen molar-refractivity contribution in [3.63, 3.8) is 0 Å². The molecule has 1 atom stereocenters. The van der Waals surface area contributed by atoms with Crippen molar-refractivity contribution >= 4 is 34.6 Å². The van der Waals surface area contributed by atoms with Crippen molar-refractivity contribution in [2.45, 2.75) is 52.2 Å². The number of halogens is 1. The molecular weight excluding hydrogens is 547 g/mol. The number of amides is 2. The molecule has 12 heteroatoms. The van der Waals surface area contributed by atoms with E-state index in [4.69, 9.17) is 14.2 Å². The summed E-state index contributed by atoms with van der Waals surface area (Å²) in [6, 6.07) is 7.86. The van der Waals surface area contributed by atoms with Crippen LogP contribution in [0.3, 0.4) is 0 Å². The molecule has 42 heavy (non-hydrogen) atoms. The summed E-state index contributed by atoms with van der Waals surface area (Å²) in [5.74, 6) is -1.30. The van der Waals surface area contributed by atoms with Crippen LogP contribution in [-0.2, 0) is 14.3 Å². The van der Waals surface area contributed by atoms with Crippen molar-refractivity contribution in [1.82, 2.24) is 15.2 Å². The number of para-hydroxylation sites is 2. The highest BCUT2D eigenvalue weighted by Crippen LogP contribution is 2.47. The molecule has 5 rings (SSSR count). The van der Waals surface area contributed by atoms with Crippen LogP contribution in [0.15, 0.2) is 41.3 Å². The summed E-state index contributed by atoms with van der Waals surface area (Å²) in [5.41, 5.74) is -0.483. The van der Waals surface area contributed by atoms with Crippen molar-refractivity contribution in [1.29, 1.82) is 0 Å². The first-order valence-electron chi connectivity index (χ1n) is 13.8. The molecule has 1 saturated heterocycles. The minimum Gasteiger partial charge on any atom is -0.466 e. The molecule has 3 aromatic rings. The van der Waals surface area contributed by atoms with Crippen LogP contribution in [0.1, 0.15) is 50.9 Å². The van der Waals surface area contributed by atoms with Crippen LogP contribution in [0, 0.1) is 5.82 Å². The third-order valence-corrected chi connectivity index (χ3v) is 6.90. The molecule has 222 valence electrons. The van der Waals surface area contributed by atoms with E-state index in [0.717, 1.165) is 6.07 Å². The number of carbonyl (C=O) groups excluding carboxylic acids is 3. The maximum absolute atomic E-state index is 15.9. The van der Waals surface area contributed by atoms with Crippen LogP contribution >= 0.6 is 0 Å². The molecule has 2 amide bonds. The molecule has 11 nitrogen and oxygen atoms in total. The van der Waals surface area contributed by atoms with E-state index in [1.807, 2.05) is 0 Å². The molecular formula is C30H33FN4O7. The molecule has 1 aromatic heterocycles. The quantitative estimate of drug-likeness (QED) is 0.314. The lowest BCUT2D eigenvalue weighted by Gasteiger charge is -2.29. The highest BCUT2D eigenvalue weighted by Gasteiger charge is 2.34. The van der Waals surface area contributed by atoms with Gasteiger partial charge in [-0.25, -0.2) is 9.18 Å². The Kier molecular flexibility index (Phi) is 7.81. The average Bonchev–Trinajstić information content (AvgIpc) is 3.36. The average molecular weight is 581 g/mol. The van der Waals surface area contributed by atoms with Crippen molar-refractivity contribution in [2.75, 3.05) is 31.1 Å². The minimum atomic E-state index is -0.696. The lowest BCUT2D eigenvalue weighted by atomic mass is 10.1. The topological polar surface area (TPSA) is 128 Å². The van der Waals surface area contributed by atoms with Gasteiger partial charge in [0.15, 0.2) is 17.3 Å². The van der Waals surface area contributed by atoms with Crippen molar-refractivity contribution in [3.8, 4) is 17.2 Å². The fourth-order valence-electron chi connectivity index (χ4n) is 5.17. The zero-order chi connectivity index (χ0) is 30.2. The van der Waals surface area contributed by atoms with E-state index in [1.165, 1.54) is 6.20 Å². The molecule has 3 heterocycles. The number of alkyl carbamates (subject to hydrolysis) is 1. The molecule has 2 aliphatic heterocycles. The highest BCUT2D eigenvalue weighted by molar-refractivity contribution is 6.01. The standard InChI is InChI=1S/C30H33FN4O7/c1-5-40-23(36)10-12-32-28(38)19-16-35-21-8-6-7-9-22(21)41-27-24(35)18(26(19)37)14-20(31)25(27)34-13-11-17(15-34)33-29(39)42-30(2,3)4/h6-9,14,16-17H,5,10-13,15H2,1-4H3,(H,32,38)(H,33,39). The molecule has 2 aliphatic rings. The number of ether oxygens (including phenoxy) is 3. The summed E-state index contributed by atoms with van der Waals surface area (Å²) in [6.45, 7) is 7.92. The van der Waals surface area contributed by atoms with E-state index in [1.54, 1.807) is 61.4 Å². The van der Waals surface area contributed by atoms with Gasteiger partial charge in [0.1, 0.15) is 22.4 Å². The van der Waals surface area contributed by atoms with Crippen LogP contribution < -0.4 is 25.7 Å². The van der Waals surface area contributed by atoms with Gasteiger partial charge < -0.3 is 34.3 Å². The summed E-state index contributed by atoms with van der Waals surface area (Å²) in [7, 11) is 0. The Labute approximate surface area is 241 Å². The number of aromatic nitrogens is 1. The van der Waals surface area contributed by atoms with Crippen LogP contribution in [0.25, 0.3) is 16.6 Å². The molecule has 2 N–H and O–H groups in total. The summed E-state index contributed by atoms with van der Waals surface area (Å²) in [6.07, 6.45) is 1.35. The molecule has 1 unspecified atom stereocenters. The Balaban J connectivity index is 1.51. The van der Waals surface area contributed by atoms with Gasteiger partial charge in [0, 0.05) is 25.8 Å². The van der Waals surface area contributed by atoms with Gasteiger partial charge >= 0.3 is 12.1 Å². The number of esters is 1. The Morgan fingerprint density at radius 2 is 1.95 bits per heavy atom. The number of hydrogen-bond acceptors (Lipinski definition) is 8. The lowest BCUT2D eigenvalue weighted by molar-refractivity contribution is -0.142. The fourth-order valence-corrected chi connectivity index (χ4v) is 5.17. The molecule has 2 aromatic carbocycles. The van der Waals surface area contributed by atoms with Gasteiger partial charge in [-0.1, -0.05) is 12.1 Å². The first kappa shape index (κ1) is 28.9. The Hall–Kier alpha value is -4.61. The maximum Gasteiger partial charge on any atom is 0.407 e. The SMILES string of the molecule is CCOC(=O)CCNC(=O)c1cn2c3c(c(N4CCC(NC(=O)OC(C)(C)C)C4)c(F)cc3c1=O)Oc1ccccc1-2. The van der Waals surface area contributed by atoms with Crippen LogP contribution in [0.5, 0.6) is 11.5 Å². The number of nitrogens with one attached hydrogen (secondary N) is 2. The van der Waals surface area contributed by atoms with Gasteiger partial charge in [-0.3, -0.25) is 14.4 Å². The molecule has 0 saturated carbocycles. The number of rotatable bonds is 7. The lowest BCUT2D eigenvalue weighted by Crippen LogP contribution is -2.40. The molecule has 0 bridgehead atoms. The van der Waals surface area contributed by atoms with E-state index >= 15 is 4.39 Å². The zero-order valence-corrected chi connectivity index (χ0v) is 23.9. The number of benzene rings is 2. The van der Waals surface area contributed by atoms with Crippen LogP contribution in [0.2, 0.25) is 0 Å². The second-order valence-electron chi connectivity index (χ2n) is 11.1. The second-order valence-corrected chi connectivity index (χ2v) is 11.1. The first-order chi connectivity index (χ1) is 20.0. The number of hydrogen-bond donors (Lipinski definition) is 2. The predicted molar refractivity (Wildman–Crippen MR) is 153 cm³/mol. The van der Waals surface area contributed by atoms with E-state index in [2.05, 4.69) is 10.6 Å². The second kappa shape index (κ2) is 11.3. The first-order valence-corrected chi connectivity index (χ1v) is 13.8. The van der Waals surface area contributed by atoms with Gasteiger partial charge in [-0.15, -0.1) is 0 Å². The number of pyridine rings is 1. The van der Waals surface area contributed by atoms with Crippen molar-refractivity contribution in [3.05, 3.63) is 58.1 Å². The Morgan fingerprint density at radius 3 is 2.69 bits per heavy atom. The predicted octanol–water partition coefficient (Wildman–Crippen LogP) is 4.02. The molecule has 1 fully saturated rings. The summed E-state index contributed by atoms with van der Waals surface area (Å²) < 4.78 is 34.0. The third kappa shape index (κ3) is 5.74. The van der Waals surface area contributed by atoms with E-state index in [-0.39, 0.29) is 48.0 Å². The van der Waals surface area contributed by atoms with Crippen LogP contribution in [0.4, 0.5) is 14.9 Å². The van der Waals surface area contributed by atoms with E-state index in [9.17, 15) is 19.2 Å². The van der Waals surface area contributed by atoms with Crippen molar-refractivity contribution < 1.29 is 33.0 Å². The van der Waals surface area contributed by atoms with Gasteiger partial charge in [-0.2, -0.15) is 0 Å².